The molecule has 0 saturated heterocycles. The Balaban J connectivity index is 2.57. The van der Waals surface area contributed by atoms with Gasteiger partial charge < -0.3 is 10.7 Å². The highest BCUT2D eigenvalue weighted by Gasteiger charge is 2.06. The van der Waals surface area contributed by atoms with Crippen LogP contribution in [0.4, 0.5) is 0 Å². The summed E-state index contributed by atoms with van der Waals surface area (Å²) in [6, 6.07) is 7.56. The summed E-state index contributed by atoms with van der Waals surface area (Å²) < 4.78 is 0. The molecule has 0 spiro atoms. The number of carbonyl (C=O) groups is 1. The topological polar surface area (TPSA) is 58.9 Å². The second kappa shape index (κ2) is 3.42. The van der Waals surface area contributed by atoms with Crippen molar-refractivity contribution >= 4 is 16.8 Å². The fraction of sp³-hybridized carbons (Fsp3) is 0.250. The number of amides is 1. The summed E-state index contributed by atoms with van der Waals surface area (Å²) in [5.74, 6) is 0.0621. The lowest BCUT2D eigenvalue weighted by Crippen LogP contribution is -2.10. The van der Waals surface area contributed by atoms with Gasteiger partial charge >= 0.3 is 0 Å². The Kier molecular flexibility index (Phi) is 2.23. The number of primary amides is 1. The molecule has 1 heterocycles. The van der Waals surface area contributed by atoms with Gasteiger partial charge in [-0.05, 0) is 29.5 Å². The second-order valence-corrected chi connectivity index (χ2v) is 4.05. The van der Waals surface area contributed by atoms with E-state index in [9.17, 15) is 4.79 Å². The molecule has 0 bridgehead atoms. The standard InChI is InChI=1S/C12H14N2O/c1-7(2)10-5-8-3-4-9(12(13)15)6-11(8)14-10/h3-7,14H,1-2H3,(H2,13,15). The van der Waals surface area contributed by atoms with Gasteiger partial charge in [-0.15, -0.1) is 0 Å². The van der Waals surface area contributed by atoms with E-state index in [-0.39, 0.29) is 0 Å². The minimum atomic E-state index is -0.391. The normalized spacial score (nSPS) is 11.1. The smallest absolute Gasteiger partial charge is 0.248 e. The molecule has 3 nitrogen and oxygen atoms in total. The van der Waals surface area contributed by atoms with Crippen LogP contribution < -0.4 is 5.73 Å². The molecule has 3 N–H and O–H groups in total. The van der Waals surface area contributed by atoms with Gasteiger partial charge in [0.1, 0.15) is 0 Å². The van der Waals surface area contributed by atoms with E-state index in [0.717, 1.165) is 10.9 Å². The molecule has 1 amide bonds. The second-order valence-electron chi connectivity index (χ2n) is 4.05. The Bertz CT molecular complexity index is 511. The van der Waals surface area contributed by atoms with Crippen molar-refractivity contribution in [3.63, 3.8) is 0 Å². The molecule has 15 heavy (non-hydrogen) atoms. The maximum atomic E-state index is 11.0. The van der Waals surface area contributed by atoms with Crippen LogP contribution in [0, 0.1) is 0 Å². The van der Waals surface area contributed by atoms with E-state index < -0.39 is 5.91 Å². The number of hydrogen-bond donors (Lipinski definition) is 2. The highest BCUT2D eigenvalue weighted by Crippen LogP contribution is 2.21. The Morgan fingerprint density at radius 2 is 2.07 bits per heavy atom. The predicted molar refractivity (Wildman–Crippen MR) is 60.9 cm³/mol. The number of H-pyrrole nitrogens is 1. The average Bonchev–Trinajstić information content (AvgIpc) is 2.59. The van der Waals surface area contributed by atoms with Crippen LogP contribution >= 0.6 is 0 Å². The maximum absolute atomic E-state index is 11.0. The molecule has 0 unspecified atom stereocenters. The third kappa shape index (κ3) is 1.73. The van der Waals surface area contributed by atoms with Crippen molar-refractivity contribution < 1.29 is 4.79 Å². The predicted octanol–water partition coefficient (Wildman–Crippen LogP) is 2.39. The minimum Gasteiger partial charge on any atom is -0.366 e. The lowest BCUT2D eigenvalue weighted by atomic mass is 10.1. The number of rotatable bonds is 2. The van der Waals surface area contributed by atoms with Crippen molar-refractivity contribution in [3.05, 3.63) is 35.5 Å². The molecule has 0 fully saturated rings. The van der Waals surface area contributed by atoms with Gasteiger partial charge in [0.05, 0.1) is 0 Å². The molecule has 0 saturated carbocycles. The molecule has 0 aliphatic heterocycles. The number of hydrogen-bond acceptors (Lipinski definition) is 1. The lowest BCUT2D eigenvalue weighted by molar-refractivity contribution is 0.100. The summed E-state index contributed by atoms with van der Waals surface area (Å²) in [6.45, 7) is 4.25. The monoisotopic (exact) mass is 202 g/mol. The van der Waals surface area contributed by atoms with Crippen LogP contribution in [0.25, 0.3) is 10.9 Å². The van der Waals surface area contributed by atoms with Crippen molar-refractivity contribution in [2.24, 2.45) is 5.73 Å². The number of benzene rings is 1. The first-order chi connectivity index (χ1) is 7.08. The molecule has 0 aliphatic carbocycles. The van der Waals surface area contributed by atoms with E-state index in [1.165, 1.54) is 5.69 Å². The van der Waals surface area contributed by atoms with Crippen molar-refractivity contribution in [3.8, 4) is 0 Å². The number of aromatic amines is 1. The summed E-state index contributed by atoms with van der Waals surface area (Å²) in [5.41, 5.74) is 7.90. The fourth-order valence-corrected chi connectivity index (χ4v) is 1.61. The number of fused-ring (bicyclic) bond motifs is 1. The first-order valence-corrected chi connectivity index (χ1v) is 5.00. The van der Waals surface area contributed by atoms with Gasteiger partial charge in [-0.25, -0.2) is 0 Å². The third-order valence-corrected chi connectivity index (χ3v) is 2.55. The Morgan fingerprint density at radius 3 is 2.67 bits per heavy atom. The maximum Gasteiger partial charge on any atom is 0.248 e. The highest BCUT2D eigenvalue weighted by molar-refractivity contribution is 5.97. The van der Waals surface area contributed by atoms with E-state index in [4.69, 9.17) is 5.73 Å². The number of carbonyl (C=O) groups excluding carboxylic acids is 1. The molecule has 0 aliphatic rings. The van der Waals surface area contributed by atoms with E-state index in [1.807, 2.05) is 6.07 Å². The zero-order valence-corrected chi connectivity index (χ0v) is 8.87. The molecule has 0 atom stereocenters. The van der Waals surface area contributed by atoms with Gasteiger partial charge in [-0.2, -0.15) is 0 Å². The van der Waals surface area contributed by atoms with E-state index >= 15 is 0 Å². The van der Waals surface area contributed by atoms with E-state index in [1.54, 1.807) is 12.1 Å². The first kappa shape index (κ1) is 9.77. The summed E-state index contributed by atoms with van der Waals surface area (Å²) in [5, 5.41) is 1.11. The zero-order valence-electron chi connectivity index (χ0n) is 8.87. The van der Waals surface area contributed by atoms with Crippen LogP contribution in [0.2, 0.25) is 0 Å². The fourth-order valence-electron chi connectivity index (χ4n) is 1.61. The summed E-state index contributed by atoms with van der Waals surface area (Å²) in [6.07, 6.45) is 0. The van der Waals surface area contributed by atoms with Gasteiger partial charge in [-0.3, -0.25) is 4.79 Å². The highest BCUT2D eigenvalue weighted by atomic mass is 16.1. The van der Waals surface area contributed by atoms with Gasteiger partial charge in [0.15, 0.2) is 0 Å². The van der Waals surface area contributed by atoms with Crippen molar-refractivity contribution in [1.82, 2.24) is 4.98 Å². The Hall–Kier alpha value is -1.77. The quantitative estimate of drug-likeness (QED) is 0.771. The molecule has 2 rings (SSSR count). The first-order valence-electron chi connectivity index (χ1n) is 5.00. The van der Waals surface area contributed by atoms with Gasteiger partial charge in [0, 0.05) is 16.8 Å². The van der Waals surface area contributed by atoms with Crippen LogP contribution in [0.3, 0.4) is 0 Å². The van der Waals surface area contributed by atoms with Crippen molar-refractivity contribution in [2.45, 2.75) is 19.8 Å². The van der Waals surface area contributed by atoms with E-state index in [0.29, 0.717) is 11.5 Å². The van der Waals surface area contributed by atoms with Crippen LogP contribution in [0.5, 0.6) is 0 Å². The lowest BCUT2D eigenvalue weighted by Gasteiger charge is -1.98. The Morgan fingerprint density at radius 1 is 1.33 bits per heavy atom. The van der Waals surface area contributed by atoms with Crippen LogP contribution in [-0.4, -0.2) is 10.9 Å². The number of aromatic nitrogens is 1. The molecular formula is C12H14N2O. The van der Waals surface area contributed by atoms with Crippen LogP contribution in [0.1, 0.15) is 35.8 Å². The molecule has 3 heteroatoms. The minimum absolute atomic E-state index is 0.391. The Labute approximate surface area is 88.3 Å². The van der Waals surface area contributed by atoms with Gasteiger partial charge in [0.2, 0.25) is 5.91 Å². The van der Waals surface area contributed by atoms with Crippen molar-refractivity contribution in [1.29, 1.82) is 0 Å². The molecule has 1 aromatic carbocycles. The SMILES string of the molecule is CC(C)c1cc2ccc(C(N)=O)cc2[nH]1. The van der Waals surface area contributed by atoms with Gasteiger partial charge in [0.25, 0.3) is 0 Å². The van der Waals surface area contributed by atoms with Gasteiger partial charge in [-0.1, -0.05) is 19.9 Å². The summed E-state index contributed by atoms with van der Waals surface area (Å²) in [4.78, 5) is 14.3. The molecule has 2 aromatic rings. The molecule has 1 aromatic heterocycles. The average molecular weight is 202 g/mol. The van der Waals surface area contributed by atoms with Crippen molar-refractivity contribution in [2.75, 3.05) is 0 Å². The zero-order chi connectivity index (χ0) is 11.0. The molecular weight excluding hydrogens is 188 g/mol. The number of nitrogens with one attached hydrogen (secondary N) is 1. The van der Waals surface area contributed by atoms with Crippen LogP contribution in [0.15, 0.2) is 24.3 Å². The van der Waals surface area contributed by atoms with Crippen LogP contribution in [-0.2, 0) is 0 Å². The number of nitrogens with two attached hydrogens (primary N) is 1. The van der Waals surface area contributed by atoms with E-state index in [2.05, 4.69) is 24.9 Å². The molecule has 78 valence electrons. The largest absolute Gasteiger partial charge is 0.366 e. The summed E-state index contributed by atoms with van der Waals surface area (Å²) in [7, 11) is 0. The summed E-state index contributed by atoms with van der Waals surface area (Å²) >= 11 is 0. The molecule has 0 radical (unpaired) electrons. The third-order valence-electron chi connectivity index (χ3n) is 2.55.